The third-order valence-corrected chi connectivity index (χ3v) is 2.74. The third-order valence-electron chi connectivity index (χ3n) is 2.74. The van der Waals surface area contributed by atoms with Crippen LogP contribution < -0.4 is 20.1 Å². The van der Waals surface area contributed by atoms with Gasteiger partial charge in [0.25, 0.3) is 5.91 Å². The maximum Gasteiger partial charge on any atom is 0.263 e. The topological polar surface area (TPSA) is 92.6 Å². The Labute approximate surface area is 129 Å². The van der Waals surface area contributed by atoms with Crippen LogP contribution in [0.1, 0.15) is 0 Å². The van der Waals surface area contributed by atoms with Crippen LogP contribution in [0.3, 0.4) is 0 Å². The molecule has 0 fully saturated rings. The Bertz CT molecular complexity index is 579. The van der Waals surface area contributed by atoms with E-state index in [1.807, 2.05) is 6.07 Å². The molecule has 0 radical (unpaired) electrons. The fourth-order valence-electron chi connectivity index (χ4n) is 1.59. The Morgan fingerprint density at radius 2 is 2.09 bits per heavy atom. The second-order valence-electron chi connectivity index (χ2n) is 4.13. The van der Waals surface area contributed by atoms with Crippen LogP contribution >= 0.6 is 0 Å². The van der Waals surface area contributed by atoms with Crippen molar-refractivity contribution in [3.63, 3.8) is 0 Å². The number of rotatable bonds is 8. The zero-order chi connectivity index (χ0) is 16.4. The minimum Gasteiger partial charge on any atom is -0.497 e. The predicted octanol–water partition coefficient (Wildman–Crippen LogP) is 1.29. The highest BCUT2D eigenvalue weighted by Crippen LogP contribution is 2.28. The largest absolute Gasteiger partial charge is 0.497 e. The number of anilines is 1. The minimum absolute atomic E-state index is 0.0547. The SMILES string of the molecule is COCCNC(=O)/C(C#N)=C\Nc1cc(OC)ccc1OC. The summed E-state index contributed by atoms with van der Waals surface area (Å²) in [4.78, 5) is 11.8. The van der Waals surface area contributed by atoms with Gasteiger partial charge >= 0.3 is 0 Å². The van der Waals surface area contributed by atoms with E-state index in [1.54, 1.807) is 25.3 Å². The van der Waals surface area contributed by atoms with Crippen molar-refractivity contribution in [3.05, 3.63) is 30.0 Å². The molecule has 0 aliphatic heterocycles. The standard InChI is InChI=1S/C15H19N3O4/c1-20-7-6-17-15(19)11(9-16)10-18-13-8-12(21-2)4-5-14(13)22-3/h4-5,8,10,18H,6-7H2,1-3H3,(H,17,19)/b11-10-. The van der Waals surface area contributed by atoms with Gasteiger partial charge in [0.2, 0.25) is 0 Å². The van der Waals surface area contributed by atoms with E-state index in [9.17, 15) is 4.79 Å². The minimum atomic E-state index is -0.478. The molecular weight excluding hydrogens is 286 g/mol. The van der Waals surface area contributed by atoms with Crippen molar-refractivity contribution >= 4 is 11.6 Å². The molecule has 0 unspecified atom stereocenters. The molecule has 118 valence electrons. The smallest absolute Gasteiger partial charge is 0.263 e. The number of nitrogens with one attached hydrogen (secondary N) is 2. The van der Waals surface area contributed by atoms with E-state index in [1.165, 1.54) is 20.4 Å². The Hall–Kier alpha value is -2.72. The monoisotopic (exact) mass is 305 g/mol. The summed E-state index contributed by atoms with van der Waals surface area (Å²) in [5.41, 5.74) is 0.528. The first-order valence-corrected chi connectivity index (χ1v) is 6.52. The molecule has 0 aromatic heterocycles. The number of ether oxygens (including phenoxy) is 3. The molecule has 0 bridgehead atoms. The van der Waals surface area contributed by atoms with Crippen molar-refractivity contribution in [2.24, 2.45) is 0 Å². The summed E-state index contributed by atoms with van der Waals surface area (Å²) in [7, 11) is 4.61. The average Bonchev–Trinajstić information content (AvgIpc) is 2.55. The molecule has 0 saturated carbocycles. The Morgan fingerprint density at radius 1 is 1.32 bits per heavy atom. The van der Waals surface area contributed by atoms with Crippen molar-refractivity contribution in [3.8, 4) is 17.6 Å². The van der Waals surface area contributed by atoms with Gasteiger partial charge in [0.1, 0.15) is 23.1 Å². The number of carbonyl (C=O) groups excluding carboxylic acids is 1. The van der Waals surface area contributed by atoms with Gasteiger partial charge in [0.05, 0.1) is 26.5 Å². The Kier molecular flexibility index (Phi) is 7.29. The fourth-order valence-corrected chi connectivity index (χ4v) is 1.59. The lowest BCUT2D eigenvalue weighted by Crippen LogP contribution is -2.28. The van der Waals surface area contributed by atoms with Crippen LogP contribution in [0, 0.1) is 11.3 Å². The van der Waals surface area contributed by atoms with Crippen LogP contribution in [0.2, 0.25) is 0 Å². The maximum absolute atomic E-state index is 11.8. The lowest BCUT2D eigenvalue weighted by atomic mass is 10.2. The number of hydrogen-bond donors (Lipinski definition) is 2. The zero-order valence-electron chi connectivity index (χ0n) is 12.8. The summed E-state index contributed by atoms with van der Waals surface area (Å²) in [6, 6.07) is 7.01. The number of amides is 1. The van der Waals surface area contributed by atoms with E-state index < -0.39 is 5.91 Å². The summed E-state index contributed by atoms with van der Waals surface area (Å²) < 4.78 is 15.2. The Morgan fingerprint density at radius 3 is 2.68 bits per heavy atom. The normalized spacial score (nSPS) is 10.5. The highest BCUT2D eigenvalue weighted by atomic mass is 16.5. The van der Waals surface area contributed by atoms with E-state index >= 15 is 0 Å². The molecule has 0 saturated heterocycles. The van der Waals surface area contributed by atoms with Gasteiger partial charge < -0.3 is 24.8 Å². The van der Waals surface area contributed by atoms with Gasteiger partial charge in [-0.2, -0.15) is 5.26 Å². The maximum atomic E-state index is 11.8. The van der Waals surface area contributed by atoms with Crippen molar-refractivity contribution in [1.82, 2.24) is 5.32 Å². The molecular formula is C15H19N3O4. The number of carbonyl (C=O) groups is 1. The Balaban J connectivity index is 2.83. The molecule has 22 heavy (non-hydrogen) atoms. The second kappa shape index (κ2) is 9.26. The molecule has 1 rings (SSSR count). The highest BCUT2D eigenvalue weighted by molar-refractivity contribution is 5.97. The molecule has 1 amide bonds. The fraction of sp³-hybridized carbons (Fsp3) is 0.333. The molecule has 0 atom stereocenters. The molecule has 1 aromatic rings. The average molecular weight is 305 g/mol. The van der Waals surface area contributed by atoms with Gasteiger partial charge in [-0.05, 0) is 12.1 Å². The van der Waals surface area contributed by atoms with Crippen molar-refractivity contribution in [2.75, 3.05) is 39.8 Å². The molecule has 7 heteroatoms. The van der Waals surface area contributed by atoms with Crippen LogP contribution in [-0.2, 0) is 9.53 Å². The predicted molar refractivity (Wildman–Crippen MR) is 81.8 cm³/mol. The van der Waals surface area contributed by atoms with Crippen molar-refractivity contribution in [2.45, 2.75) is 0 Å². The lowest BCUT2D eigenvalue weighted by molar-refractivity contribution is -0.117. The molecule has 1 aromatic carbocycles. The van der Waals surface area contributed by atoms with Crippen LogP contribution in [0.4, 0.5) is 5.69 Å². The summed E-state index contributed by atoms with van der Waals surface area (Å²) in [6.45, 7) is 0.707. The van der Waals surface area contributed by atoms with Crippen molar-refractivity contribution in [1.29, 1.82) is 5.26 Å². The van der Waals surface area contributed by atoms with Gasteiger partial charge in [-0.25, -0.2) is 0 Å². The molecule has 0 aliphatic carbocycles. The van der Waals surface area contributed by atoms with Gasteiger partial charge in [-0.1, -0.05) is 0 Å². The summed E-state index contributed by atoms with van der Waals surface area (Å²) in [5, 5.41) is 14.5. The first-order valence-electron chi connectivity index (χ1n) is 6.52. The number of hydrogen-bond acceptors (Lipinski definition) is 6. The first-order chi connectivity index (χ1) is 10.7. The number of methoxy groups -OCH3 is 3. The van der Waals surface area contributed by atoms with Crippen LogP contribution in [-0.4, -0.2) is 40.4 Å². The van der Waals surface area contributed by atoms with E-state index in [2.05, 4.69) is 10.6 Å². The summed E-state index contributed by atoms with van der Waals surface area (Å²) >= 11 is 0. The van der Waals surface area contributed by atoms with Crippen LogP contribution in [0.25, 0.3) is 0 Å². The van der Waals surface area contributed by atoms with Gasteiger partial charge in [-0.3, -0.25) is 4.79 Å². The highest BCUT2D eigenvalue weighted by Gasteiger charge is 2.09. The molecule has 0 spiro atoms. The molecule has 0 aliphatic rings. The van der Waals surface area contributed by atoms with Gasteiger partial charge in [0, 0.05) is 25.9 Å². The number of benzene rings is 1. The third kappa shape index (κ3) is 5.00. The summed E-state index contributed by atoms with van der Waals surface area (Å²) in [5.74, 6) is 0.711. The molecule has 0 heterocycles. The van der Waals surface area contributed by atoms with Gasteiger partial charge in [0.15, 0.2) is 0 Å². The van der Waals surface area contributed by atoms with Crippen molar-refractivity contribution < 1.29 is 19.0 Å². The van der Waals surface area contributed by atoms with E-state index in [4.69, 9.17) is 19.5 Å². The lowest BCUT2D eigenvalue weighted by Gasteiger charge is -2.10. The van der Waals surface area contributed by atoms with E-state index in [-0.39, 0.29) is 5.57 Å². The summed E-state index contributed by atoms with van der Waals surface area (Å²) in [6.07, 6.45) is 1.32. The molecule has 2 N–H and O–H groups in total. The number of nitrogens with zero attached hydrogens (tertiary/aromatic N) is 1. The van der Waals surface area contributed by atoms with E-state index in [0.717, 1.165) is 0 Å². The van der Waals surface area contributed by atoms with Crippen LogP contribution in [0.5, 0.6) is 11.5 Å². The first kappa shape index (κ1) is 17.3. The quantitative estimate of drug-likeness (QED) is 0.427. The van der Waals surface area contributed by atoms with Gasteiger partial charge in [-0.15, -0.1) is 0 Å². The zero-order valence-corrected chi connectivity index (χ0v) is 12.8. The number of nitriles is 1. The van der Waals surface area contributed by atoms with Crippen LogP contribution in [0.15, 0.2) is 30.0 Å². The molecule has 7 nitrogen and oxygen atoms in total. The second-order valence-corrected chi connectivity index (χ2v) is 4.13. The van der Waals surface area contributed by atoms with E-state index in [0.29, 0.717) is 30.3 Å².